The van der Waals surface area contributed by atoms with Gasteiger partial charge in [0.05, 0.1) is 12.4 Å². The summed E-state index contributed by atoms with van der Waals surface area (Å²) < 4.78 is 0. The van der Waals surface area contributed by atoms with Gasteiger partial charge >= 0.3 is 5.97 Å². The van der Waals surface area contributed by atoms with Crippen molar-refractivity contribution in [2.75, 3.05) is 0 Å². The van der Waals surface area contributed by atoms with E-state index < -0.39 is 5.97 Å². The monoisotopic (exact) mass is 224 g/mol. The van der Waals surface area contributed by atoms with Crippen LogP contribution in [-0.2, 0) is 0 Å². The number of halogens is 1. The number of aromatic carboxylic acids is 1. The third-order valence-corrected chi connectivity index (χ3v) is 1.92. The van der Waals surface area contributed by atoms with Crippen LogP contribution in [0.15, 0.2) is 24.7 Å². The van der Waals surface area contributed by atoms with Gasteiger partial charge in [0.1, 0.15) is 16.4 Å². The predicted molar refractivity (Wildman–Crippen MR) is 51.1 cm³/mol. The third kappa shape index (κ3) is 1.79. The Bertz CT molecular complexity index is 497. The number of carboxylic acids is 1. The first-order chi connectivity index (χ1) is 7.18. The predicted octanol–water partition coefficient (Wildman–Crippen LogP) is 1.01. The molecule has 0 aliphatic rings. The maximum atomic E-state index is 10.9. The highest BCUT2D eigenvalue weighted by molar-refractivity contribution is 6.29. The van der Waals surface area contributed by atoms with Gasteiger partial charge in [-0.3, -0.25) is 0 Å². The first kappa shape index (κ1) is 9.60. The Morgan fingerprint density at radius 1 is 1.40 bits per heavy atom. The maximum Gasteiger partial charge on any atom is 0.339 e. The zero-order valence-corrected chi connectivity index (χ0v) is 8.09. The molecule has 0 radical (unpaired) electrons. The van der Waals surface area contributed by atoms with Gasteiger partial charge in [-0.1, -0.05) is 11.6 Å². The number of hydrogen-bond acceptors (Lipinski definition) is 4. The van der Waals surface area contributed by atoms with E-state index in [0.717, 1.165) is 0 Å². The second kappa shape index (κ2) is 3.66. The molecule has 76 valence electrons. The zero-order valence-electron chi connectivity index (χ0n) is 7.33. The van der Waals surface area contributed by atoms with Crippen molar-refractivity contribution in [2.24, 2.45) is 0 Å². The summed E-state index contributed by atoms with van der Waals surface area (Å²) in [6.07, 6.45) is 4.06. The molecule has 1 N–H and O–H groups in total. The molecule has 0 aromatic carbocycles. The van der Waals surface area contributed by atoms with E-state index in [1.165, 1.54) is 29.5 Å². The second-order valence-corrected chi connectivity index (χ2v) is 3.04. The summed E-state index contributed by atoms with van der Waals surface area (Å²) in [6.45, 7) is 0. The topological polar surface area (TPSA) is 80.9 Å². The van der Waals surface area contributed by atoms with E-state index in [1.54, 1.807) is 0 Å². The van der Waals surface area contributed by atoms with Crippen LogP contribution < -0.4 is 0 Å². The summed E-state index contributed by atoms with van der Waals surface area (Å²) >= 11 is 5.67. The molecule has 15 heavy (non-hydrogen) atoms. The molecule has 0 bridgehead atoms. The summed E-state index contributed by atoms with van der Waals surface area (Å²) in [4.78, 5) is 15.7. The van der Waals surface area contributed by atoms with Crippen molar-refractivity contribution < 1.29 is 9.90 Å². The Labute approximate surface area is 89.1 Å². The summed E-state index contributed by atoms with van der Waals surface area (Å²) in [6, 6.07) is 1.39. The minimum Gasteiger partial charge on any atom is -0.478 e. The van der Waals surface area contributed by atoms with Crippen LogP contribution in [0.1, 0.15) is 10.4 Å². The van der Waals surface area contributed by atoms with Gasteiger partial charge in [-0.05, 0) is 0 Å². The fourth-order valence-corrected chi connectivity index (χ4v) is 1.24. The van der Waals surface area contributed by atoms with Gasteiger partial charge in [0.2, 0.25) is 0 Å². The lowest BCUT2D eigenvalue weighted by Gasteiger charge is -2.03. The summed E-state index contributed by atoms with van der Waals surface area (Å²) in [5, 5.41) is 16.7. The molecule has 0 spiro atoms. The minimum atomic E-state index is -1.11. The Balaban J connectivity index is 2.63. The SMILES string of the molecule is O=C(O)c1cnc(Cl)cc1-n1nccn1. The molecular weight excluding hydrogens is 220 g/mol. The highest BCUT2D eigenvalue weighted by atomic mass is 35.5. The smallest absolute Gasteiger partial charge is 0.339 e. The van der Waals surface area contributed by atoms with Crippen LogP contribution in [0.5, 0.6) is 0 Å². The molecule has 0 unspecified atom stereocenters. The van der Waals surface area contributed by atoms with Crippen LogP contribution in [-0.4, -0.2) is 31.1 Å². The standard InChI is InChI=1S/C8H5ClN4O2/c9-7-3-6(13-11-1-2-12-13)5(4-10-7)8(14)15/h1-4H,(H,14,15). The van der Waals surface area contributed by atoms with Crippen LogP contribution in [0, 0.1) is 0 Å². The third-order valence-electron chi connectivity index (χ3n) is 1.71. The van der Waals surface area contributed by atoms with Gasteiger partial charge in [-0.15, -0.1) is 0 Å². The molecular formula is C8H5ClN4O2. The highest BCUT2D eigenvalue weighted by Gasteiger charge is 2.13. The molecule has 0 aliphatic carbocycles. The van der Waals surface area contributed by atoms with E-state index in [4.69, 9.17) is 16.7 Å². The molecule has 2 aromatic heterocycles. The zero-order chi connectivity index (χ0) is 10.8. The van der Waals surface area contributed by atoms with E-state index in [9.17, 15) is 4.79 Å². The number of aromatic nitrogens is 4. The van der Waals surface area contributed by atoms with Crippen molar-refractivity contribution >= 4 is 17.6 Å². The van der Waals surface area contributed by atoms with Crippen LogP contribution >= 0.6 is 11.6 Å². The molecule has 6 nitrogen and oxygen atoms in total. The molecule has 0 amide bonds. The first-order valence-corrected chi connectivity index (χ1v) is 4.32. The van der Waals surface area contributed by atoms with Gasteiger partial charge in [0.25, 0.3) is 0 Å². The van der Waals surface area contributed by atoms with Crippen LogP contribution in [0.25, 0.3) is 5.69 Å². The van der Waals surface area contributed by atoms with Crippen molar-refractivity contribution in [3.05, 3.63) is 35.4 Å². The molecule has 2 heterocycles. The number of nitrogens with zero attached hydrogens (tertiary/aromatic N) is 4. The fraction of sp³-hybridized carbons (Fsp3) is 0. The van der Waals surface area contributed by atoms with Crippen LogP contribution in [0.4, 0.5) is 0 Å². The number of rotatable bonds is 2. The Morgan fingerprint density at radius 2 is 2.07 bits per heavy atom. The number of hydrogen-bond donors (Lipinski definition) is 1. The van der Waals surface area contributed by atoms with Crippen molar-refractivity contribution in [3.63, 3.8) is 0 Å². The first-order valence-electron chi connectivity index (χ1n) is 3.94. The number of carboxylic acid groups (broad SMARTS) is 1. The van der Waals surface area contributed by atoms with Gasteiger partial charge < -0.3 is 5.11 Å². The molecule has 0 saturated carbocycles. The molecule has 2 rings (SSSR count). The van der Waals surface area contributed by atoms with Crippen molar-refractivity contribution in [3.8, 4) is 5.69 Å². The van der Waals surface area contributed by atoms with Crippen molar-refractivity contribution in [2.45, 2.75) is 0 Å². The molecule has 0 atom stereocenters. The van der Waals surface area contributed by atoms with Crippen molar-refractivity contribution in [1.29, 1.82) is 0 Å². The fourth-order valence-electron chi connectivity index (χ4n) is 1.09. The molecule has 0 aliphatic heterocycles. The van der Waals surface area contributed by atoms with Gasteiger partial charge in [-0.25, -0.2) is 9.78 Å². The average molecular weight is 225 g/mol. The van der Waals surface area contributed by atoms with Crippen LogP contribution in [0.2, 0.25) is 5.15 Å². The van der Waals surface area contributed by atoms with Crippen LogP contribution in [0.3, 0.4) is 0 Å². The van der Waals surface area contributed by atoms with E-state index in [-0.39, 0.29) is 16.4 Å². The van der Waals surface area contributed by atoms with Crippen molar-refractivity contribution in [1.82, 2.24) is 20.0 Å². The highest BCUT2D eigenvalue weighted by Crippen LogP contribution is 2.15. The summed E-state index contributed by atoms with van der Waals surface area (Å²) in [7, 11) is 0. The lowest BCUT2D eigenvalue weighted by atomic mass is 10.2. The Morgan fingerprint density at radius 3 is 2.67 bits per heavy atom. The molecule has 7 heteroatoms. The number of pyridine rings is 1. The quantitative estimate of drug-likeness (QED) is 0.770. The Kier molecular flexibility index (Phi) is 2.34. The summed E-state index contributed by atoms with van der Waals surface area (Å²) in [5.74, 6) is -1.11. The van der Waals surface area contributed by atoms with Gasteiger partial charge in [0, 0.05) is 12.3 Å². The van der Waals surface area contributed by atoms with E-state index in [1.807, 2.05) is 0 Å². The van der Waals surface area contributed by atoms with Gasteiger partial charge in [-0.2, -0.15) is 15.0 Å². The second-order valence-electron chi connectivity index (χ2n) is 2.65. The Hall–Kier alpha value is -1.95. The number of carbonyl (C=O) groups is 1. The lowest BCUT2D eigenvalue weighted by molar-refractivity contribution is 0.0696. The normalized spacial score (nSPS) is 10.2. The minimum absolute atomic E-state index is 0.00407. The van der Waals surface area contributed by atoms with E-state index in [0.29, 0.717) is 0 Å². The average Bonchev–Trinajstić information content (AvgIpc) is 2.69. The molecule has 2 aromatic rings. The largest absolute Gasteiger partial charge is 0.478 e. The lowest BCUT2D eigenvalue weighted by Crippen LogP contribution is -2.08. The van der Waals surface area contributed by atoms with E-state index in [2.05, 4.69) is 15.2 Å². The molecule has 0 fully saturated rings. The summed E-state index contributed by atoms with van der Waals surface area (Å²) in [5.41, 5.74) is 0.281. The van der Waals surface area contributed by atoms with E-state index >= 15 is 0 Å². The maximum absolute atomic E-state index is 10.9. The van der Waals surface area contributed by atoms with Gasteiger partial charge in [0.15, 0.2) is 0 Å². The molecule has 0 saturated heterocycles.